The number of Topliss-reactive ketones (excluding diaryl/α,β-unsaturated/α-hetero) is 1. The Morgan fingerprint density at radius 3 is 2.25 bits per heavy atom. The first-order valence-corrected chi connectivity index (χ1v) is 9.20. The second-order valence-corrected chi connectivity index (χ2v) is 7.07. The molecule has 6 nitrogen and oxygen atoms in total. The summed E-state index contributed by atoms with van der Waals surface area (Å²) in [6.45, 7) is 3.37. The molecule has 0 radical (unpaired) electrons. The number of imide groups is 1. The fraction of sp³-hybridized carbons (Fsp3) is 0.238. The van der Waals surface area contributed by atoms with Crippen LogP contribution >= 0.6 is 11.6 Å². The van der Waals surface area contributed by atoms with E-state index in [1.807, 2.05) is 19.9 Å². The molecule has 0 aliphatic carbocycles. The van der Waals surface area contributed by atoms with E-state index in [1.165, 1.54) is 12.1 Å². The van der Waals surface area contributed by atoms with E-state index >= 15 is 0 Å². The Labute approximate surface area is 167 Å². The standard InChI is InChI=1S/C21H19ClN2O4/c1-13-7-8-15(11-14(13)2)18(25)12-23(24-19(26)9-10-20(24)27)21(28)16-5-3-4-6-17(16)22/h3-8,11H,9-10,12H2,1-2H3. The van der Waals surface area contributed by atoms with Crippen molar-refractivity contribution in [3.63, 3.8) is 0 Å². The summed E-state index contributed by atoms with van der Waals surface area (Å²) in [5, 5.41) is 1.84. The molecule has 0 bridgehead atoms. The number of halogens is 1. The Bertz CT molecular complexity index is 970. The van der Waals surface area contributed by atoms with Gasteiger partial charge in [-0.2, -0.15) is 5.01 Å². The average Bonchev–Trinajstić information content (AvgIpc) is 3.00. The normalized spacial score (nSPS) is 13.8. The second kappa shape index (κ2) is 7.94. The maximum Gasteiger partial charge on any atom is 0.274 e. The van der Waals surface area contributed by atoms with E-state index in [2.05, 4.69) is 0 Å². The molecule has 28 heavy (non-hydrogen) atoms. The Balaban J connectivity index is 1.96. The van der Waals surface area contributed by atoms with Crippen LogP contribution in [0.1, 0.15) is 44.7 Å². The molecule has 0 aromatic heterocycles. The summed E-state index contributed by atoms with van der Waals surface area (Å²) in [7, 11) is 0. The minimum absolute atomic E-state index is 0.00294. The summed E-state index contributed by atoms with van der Waals surface area (Å²) in [5.74, 6) is -2.08. The van der Waals surface area contributed by atoms with Gasteiger partial charge in [0.15, 0.2) is 5.78 Å². The first-order chi connectivity index (χ1) is 13.3. The SMILES string of the molecule is Cc1ccc(C(=O)CN(C(=O)c2ccccc2Cl)N2C(=O)CCC2=O)cc1C. The largest absolute Gasteiger partial charge is 0.292 e. The number of amides is 3. The van der Waals surface area contributed by atoms with Gasteiger partial charge in [0, 0.05) is 18.4 Å². The molecule has 1 fully saturated rings. The molecular formula is C21H19ClN2O4. The highest BCUT2D eigenvalue weighted by molar-refractivity contribution is 6.34. The Morgan fingerprint density at radius 1 is 1.00 bits per heavy atom. The van der Waals surface area contributed by atoms with E-state index in [0.717, 1.165) is 21.1 Å². The first-order valence-electron chi connectivity index (χ1n) is 8.82. The van der Waals surface area contributed by atoms with E-state index in [4.69, 9.17) is 11.6 Å². The van der Waals surface area contributed by atoms with E-state index < -0.39 is 24.3 Å². The van der Waals surface area contributed by atoms with Crippen molar-refractivity contribution in [2.24, 2.45) is 0 Å². The summed E-state index contributed by atoms with van der Waals surface area (Å²) >= 11 is 6.11. The third-order valence-electron chi connectivity index (χ3n) is 4.73. The van der Waals surface area contributed by atoms with Gasteiger partial charge in [-0.3, -0.25) is 19.2 Å². The van der Waals surface area contributed by atoms with Crippen LogP contribution in [0.3, 0.4) is 0 Å². The van der Waals surface area contributed by atoms with Crippen LogP contribution in [0.2, 0.25) is 5.02 Å². The lowest BCUT2D eigenvalue weighted by molar-refractivity contribution is -0.152. The monoisotopic (exact) mass is 398 g/mol. The number of ketones is 1. The van der Waals surface area contributed by atoms with Gasteiger partial charge in [0.1, 0.15) is 6.54 Å². The van der Waals surface area contributed by atoms with Crippen LogP contribution in [0.5, 0.6) is 0 Å². The molecule has 0 saturated carbocycles. The van der Waals surface area contributed by atoms with Crippen molar-refractivity contribution in [1.29, 1.82) is 0 Å². The fourth-order valence-corrected chi connectivity index (χ4v) is 3.20. The molecule has 1 saturated heterocycles. The van der Waals surface area contributed by atoms with Gasteiger partial charge < -0.3 is 0 Å². The van der Waals surface area contributed by atoms with Crippen LogP contribution < -0.4 is 0 Å². The topological polar surface area (TPSA) is 74.8 Å². The maximum atomic E-state index is 13.1. The number of carbonyl (C=O) groups is 4. The van der Waals surface area contributed by atoms with E-state index in [-0.39, 0.29) is 29.2 Å². The summed E-state index contributed by atoms with van der Waals surface area (Å²) in [4.78, 5) is 50.4. The number of hydrogen-bond acceptors (Lipinski definition) is 4. The van der Waals surface area contributed by atoms with Crippen LogP contribution in [0.25, 0.3) is 0 Å². The third-order valence-corrected chi connectivity index (χ3v) is 5.06. The van der Waals surface area contributed by atoms with Gasteiger partial charge in [0.05, 0.1) is 10.6 Å². The number of hydrazine groups is 1. The smallest absolute Gasteiger partial charge is 0.274 e. The summed E-state index contributed by atoms with van der Waals surface area (Å²) in [6, 6.07) is 11.5. The van der Waals surface area contributed by atoms with Gasteiger partial charge in [0.25, 0.3) is 5.91 Å². The third kappa shape index (κ3) is 3.82. The van der Waals surface area contributed by atoms with E-state index in [0.29, 0.717) is 5.56 Å². The molecule has 7 heteroatoms. The Morgan fingerprint density at radius 2 is 1.64 bits per heavy atom. The molecule has 3 rings (SSSR count). The van der Waals surface area contributed by atoms with Crippen LogP contribution in [-0.2, 0) is 9.59 Å². The lowest BCUT2D eigenvalue weighted by Gasteiger charge is -2.29. The van der Waals surface area contributed by atoms with Crippen LogP contribution in [0.15, 0.2) is 42.5 Å². The molecule has 0 atom stereocenters. The zero-order valence-corrected chi connectivity index (χ0v) is 16.3. The van der Waals surface area contributed by atoms with Gasteiger partial charge in [-0.05, 0) is 43.2 Å². The summed E-state index contributed by atoms with van der Waals surface area (Å²) in [5.41, 5.74) is 2.48. The molecule has 1 aliphatic rings. The Hall–Kier alpha value is -2.99. The quantitative estimate of drug-likeness (QED) is 0.571. The molecular weight excluding hydrogens is 380 g/mol. The van der Waals surface area contributed by atoms with Gasteiger partial charge in [-0.15, -0.1) is 0 Å². The molecule has 1 aliphatic heterocycles. The number of carbonyl (C=O) groups excluding carboxylic acids is 4. The zero-order chi connectivity index (χ0) is 20.4. The molecule has 144 valence electrons. The molecule has 2 aromatic rings. The highest BCUT2D eigenvalue weighted by atomic mass is 35.5. The molecule has 2 aromatic carbocycles. The first kappa shape index (κ1) is 19.8. The predicted octanol–water partition coefficient (Wildman–Crippen LogP) is 3.35. The highest BCUT2D eigenvalue weighted by Gasteiger charge is 2.38. The van der Waals surface area contributed by atoms with Crippen molar-refractivity contribution in [3.05, 3.63) is 69.7 Å². The number of nitrogens with zero attached hydrogens (tertiary/aromatic N) is 2. The second-order valence-electron chi connectivity index (χ2n) is 6.66. The molecule has 0 spiro atoms. The Kier molecular flexibility index (Phi) is 5.61. The maximum absolute atomic E-state index is 13.1. The van der Waals surface area contributed by atoms with Crippen molar-refractivity contribution in [1.82, 2.24) is 10.0 Å². The lowest BCUT2D eigenvalue weighted by Crippen LogP contribution is -2.51. The highest BCUT2D eigenvalue weighted by Crippen LogP contribution is 2.22. The fourth-order valence-electron chi connectivity index (χ4n) is 2.98. The van der Waals surface area contributed by atoms with E-state index in [1.54, 1.807) is 24.3 Å². The van der Waals surface area contributed by atoms with Crippen LogP contribution in [0.4, 0.5) is 0 Å². The molecule has 0 N–H and O–H groups in total. The van der Waals surface area contributed by atoms with E-state index in [9.17, 15) is 19.2 Å². The minimum atomic E-state index is -0.675. The van der Waals surface area contributed by atoms with Crippen molar-refractivity contribution < 1.29 is 19.2 Å². The molecule has 0 unspecified atom stereocenters. The predicted molar refractivity (Wildman–Crippen MR) is 104 cm³/mol. The number of benzene rings is 2. The van der Waals surface area contributed by atoms with Gasteiger partial charge >= 0.3 is 0 Å². The van der Waals surface area contributed by atoms with Gasteiger partial charge in [-0.25, -0.2) is 5.01 Å². The van der Waals surface area contributed by atoms with Gasteiger partial charge in [0.2, 0.25) is 11.8 Å². The minimum Gasteiger partial charge on any atom is -0.292 e. The summed E-state index contributed by atoms with van der Waals surface area (Å²) < 4.78 is 0. The molecule has 3 amide bonds. The molecule has 1 heterocycles. The van der Waals surface area contributed by atoms with Crippen LogP contribution in [0, 0.1) is 13.8 Å². The zero-order valence-electron chi connectivity index (χ0n) is 15.6. The lowest BCUT2D eigenvalue weighted by atomic mass is 10.0. The van der Waals surface area contributed by atoms with Crippen molar-refractivity contribution in [2.45, 2.75) is 26.7 Å². The van der Waals surface area contributed by atoms with Crippen molar-refractivity contribution >= 4 is 35.1 Å². The van der Waals surface area contributed by atoms with Crippen molar-refractivity contribution in [2.75, 3.05) is 6.54 Å². The van der Waals surface area contributed by atoms with Gasteiger partial charge in [-0.1, -0.05) is 35.9 Å². The number of aryl methyl sites for hydroxylation is 2. The van der Waals surface area contributed by atoms with Crippen LogP contribution in [-0.4, -0.2) is 40.1 Å². The van der Waals surface area contributed by atoms with Crippen molar-refractivity contribution in [3.8, 4) is 0 Å². The number of rotatable bonds is 5. The number of hydrogen-bond donors (Lipinski definition) is 0. The summed E-state index contributed by atoms with van der Waals surface area (Å²) in [6.07, 6.45) is 0.00588. The average molecular weight is 399 g/mol.